The lowest BCUT2D eigenvalue weighted by atomic mass is 9.98. The van der Waals surface area contributed by atoms with Crippen molar-refractivity contribution in [2.24, 2.45) is 5.10 Å². The fourth-order valence-electron chi connectivity index (χ4n) is 3.74. The van der Waals surface area contributed by atoms with Gasteiger partial charge in [0.05, 0.1) is 24.6 Å². The Labute approximate surface area is 189 Å². The van der Waals surface area contributed by atoms with E-state index in [-0.39, 0.29) is 17.7 Å². The maximum atomic E-state index is 13.3. The van der Waals surface area contributed by atoms with E-state index in [1.54, 1.807) is 12.1 Å². The minimum Gasteiger partial charge on any atom is -0.497 e. The predicted octanol–water partition coefficient (Wildman–Crippen LogP) is 4.21. The fraction of sp³-hybridized carbons (Fsp3) is 0.167. The molecule has 2 aromatic carbocycles. The Kier molecular flexibility index (Phi) is 5.60. The van der Waals surface area contributed by atoms with Gasteiger partial charge < -0.3 is 4.74 Å². The highest BCUT2D eigenvalue weighted by atomic mass is 32.2. The van der Waals surface area contributed by atoms with Gasteiger partial charge in [0.2, 0.25) is 0 Å². The van der Waals surface area contributed by atoms with Gasteiger partial charge in [-0.2, -0.15) is 5.10 Å². The number of nitrogens with zero attached hydrogens (tertiary/aromatic N) is 5. The van der Waals surface area contributed by atoms with Gasteiger partial charge in [-0.25, -0.2) is 5.01 Å². The normalized spacial score (nSPS) is 15.7. The molecule has 1 unspecified atom stereocenters. The number of amides is 1. The summed E-state index contributed by atoms with van der Waals surface area (Å²) in [6.45, 7) is 0. The number of rotatable bonds is 6. The average Bonchev–Trinajstić information content (AvgIpc) is 3.48. The van der Waals surface area contributed by atoms with E-state index in [4.69, 9.17) is 9.84 Å². The molecule has 0 saturated carbocycles. The number of thioether (sulfide) groups is 1. The van der Waals surface area contributed by atoms with Gasteiger partial charge in [0.1, 0.15) is 5.75 Å². The molecule has 0 radical (unpaired) electrons. The molecule has 0 aliphatic carbocycles. The van der Waals surface area contributed by atoms with Crippen LogP contribution in [-0.4, -0.2) is 44.1 Å². The minimum atomic E-state index is -0.167. The van der Waals surface area contributed by atoms with Gasteiger partial charge in [-0.15, -0.1) is 10.2 Å². The Bertz CT molecular complexity index is 1270. The number of benzene rings is 2. The Morgan fingerprint density at radius 2 is 1.81 bits per heavy atom. The highest BCUT2D eigenvalue weighted by Gasteiger charge is 2.33. The summed E-state index contributed by atoms with van der Waals surface area (Å²) in [6, 6.07) is 23.3. The molecule has 32 heavy (non-hydrogen) atoms. The monoisotopic (exact) mass is 443 g/mol. The Hall–Kier alpha value is -3.65. The number of hydrogen-bond donors (Lipinski definition) is 0. The first-order valence-corrected chi connectivity index (χ1v) is 11.2. The van der Waals surface area contributed by atoms with Gasteiger partial charge in [-0.1, -0.05) is 60.3 Å². The Morgan fingerprint density at radius 3 is 2.59 bits per heavy atom. The van der Waals surface area contributed by atoms with E-state index in [9.17, 15) is 4.79 Å². The number of ether oxygens (including phenoxy) is 1. The highest BCUT2D eigenvalue weighted by Crippen LogP contribution is 2.34. The zero-order valence-corrected chi connectivity index (χ0v) is 18.3. The van der Waals surface area contributed by atoms with E-state index in [1.807, 2.05) is 83.4 Å². The standard InChI is InChI=1S/C24H21N5O2S/c1-31-19-12-10-18(11-13-19)21-15-20(17-7-3-2-4-8-17)27-29(21)23(30)16-32-24-26-25-22-9-5-6-14-28(22)24/h2-14,21H,15-16H2,1H3. The number of fused-ring (bicyclic) bond motifs is 1. The van der Waals surface area contributed by atoms with E-state index < -0.39 is 0 Å². The molecule has 0 bridgehead atoms. The summed E-state index contributed by atoms with van der Waals surface area (Å²) < 4.78 is 7.16. The number of hydrogen-bond acceptors (Lipinski definition) is 6. The molecule has 1 aliphatic rings. The van der Waals surface area contributed by atoms with Crippen molar-refractivity contribution in [2.75, 3.05) is 12.9 Å². The average molecular weight is 444 g/mol. The quantitative estimate of drug-likeness (QED) is 0.418. The first-order chi connectivity index (χ1) is 15.7. The lowest BCUT2D eigenvalue weighted by molar-refractivity contribution is -0.130. The van der Waals surface area contributed by atoms with Crippen molar-refractivity contribution < 1.29 is 9.53 Å². The van der Waals surface area contributed by atoms with Gasteiger partial charge in [0, 0.05) is 12.6 Å². The third-order valence-corrected chi connectivity index (χ3v) is 6.31. The molecule has 0 N–H and O–H groups in total. The lowest BCUT2D eigenvalue weighted by Gasteiger charge is -2.22. The van der Waals surface area contributed by atoms with Crippen molar-refractivity contribution in [3.05, 3.63) is 90.1 Å². The van der Waals surface area contributed by atoms with Crippen LogP contribution in [0.4, 0.5) is 0 Å². The molecule has 1 atom stereocenters. The number of hydrazone groups is 1. The molecule has 1 aliphatic heterocycles. The van der Waals surface area contributed by atoms with E-state index in [1.165, 1.54) is 11.8 Å². The van der Waals surface area contributed by atoms with Crippen LogP contribution in [0, 0.1) is 0 Å². The van der Waals surface area contributed by atoms with Crippen molar-refractivity contribution in [2.45, 2.75) is 17.6 Å². The summed E-state index contributed by atoms with van der Waals surface area (Å²) in [5, 5.41) is 15.4. The first kappa shape index (κ1) is 20.3. The lowest BCUT2D eigenvalue weighted by Crippen LogP contribution is -2.28. The molecule has 0 saturated heterocycles. The van der Waals surface area contributed by atoms with Crippen molar-refractivity contribution >= 4 is 29.0 Å². The fourth-order valence-corrected chi connectivity index (χ4v) is 4.52. The zero-order valence-electron chi connectivity index (χ0n) is 17.5. The largest absolute Gasteiger partial charge is 0.497 e. The highest BCUT2D eigenvalue weighted by molar-refractivity contribution is 7.99. The van der Waals surface area contributed by atoms with E-state index >= 15 is 0 Å². The second-order valence-corrected chi connectivity index (χ2v) is 8.29. The molecule has 7 nitrogen and oxygen atoms in total. The van der Waals surface area contributed by atoms with Crippen LogP contribution in [0.5, 0.6) is 5.75 Å². The van der Waals surface area contributed by atoms with Crippen LogP contribution in [-0.2, 0) is 4.79 Å². The van der Waals surface area contributed by atoms with Crippen LogP contribution >= 0.6 is 11.8 Å². The topological polar surface area (TPSA) is 72.1 Å². The number of pyridine rings is 1. The first-order valence-electron chi connectivity index (χ1n) is 10.2. The summed E-state index contributed by atoms with van der Waals surface area (Å²) in [5.74, 6) is 0.922. The Balaban J connectivity index is 1.40. The van der Waals surface area contributed by atoms with Crippen molar-refractivity contribution in [1.29, 1.82) is 0 Å². The second kappa shape index (κ2) is 8.84. The van der Waals surface area contributed by atoms with Crippen LogP contribution in [0.25, 0.3) is 5.65 Å². The van der Waals surface area contributed by atoms with Crippen LogP contribution < -0.4 is 4.74 Å². The maximum Gasteiger partial charge on any atom is 0.253 e. The van der Waals surface area contributed by atoms with Gasteiger partial charge in [0.25, 0.3) is 5.91 Å². The molecule has 3 heterocycles. The second-order valence-electron chi connectivity index (χ2n) is 7.34. The molecule has 160 valence electrons. The van der Waals surface area contributed by atoms with Gasteiger partial charge in [-0.05, 0) is 35.4 Å². The summed E-state index contributed by atoms with van der Waals surface area (Å²) in [6.07, 6.45) is 2.55. The molecular weight excluding hydrogens is 422 g/mol. The van der Waals surface area contributed by atoms with Crippen LogP contribution in [0.2, 0.25) is 0 Å². The summed E-state index contributed by atoms with van der Waals surface area (Å²) in [5.41, 5.74) is 3.70. The van der Waals surface area contributed by atoms with E-state index in [2.05, 4.69) is 10.2 Å². The number of carbonyl (C=O) groups excluding carboxylic acids is 1. The SMILES string of the molecule is COc1ccc(C2CC(c3ccccc3)=NN2C(=O)CSc2nnc3ccccn23)cc1. The van der Waals surface area contributed by atoms with Gasteiger partial charge >= 0.3 is 0 Å². The molecule has 4 aromatic rings. The predicted molar refractivity (Wildman–Crippen MR) is 124 cm³/mol. The van der Waals surface area contributed by atoms with Crippen LogP contribution in [0.15, 0.2) is 89.3 Å². The smallest absolute Gasteiger partial charge is 0.253 e. The molecule has 1 amide bonds. The van der Waals surface area contributed by atoms with Crippen molar-refractivity contribution in [1.82, 2.24) is 19.6 Å². The maximum absolute atomic E-state index is 13.3. The van der Waals surface area contributed by atoms with Gasteiger partial charge in [0.15, 0.2) is 10.8 Å². The van der Waals surface area contributed by atoms with E-state index in [0.29, 0.717) is 11.6 Å². The molecular formula is C24H21N5O2S. The number of carbonyl (C=O) groups is 1. The molecule has 8 heteroatoms. The van der Waals surface area contributed by atoms with Crippen LogP contribution in [0.3, 0.4) is 0 Å². The third-order valence-electron chi connectivity index (χ3n) is 5.38. The summed E-state index contributed by atoms with van der Waals surface area (Å²) >= 11 is 1.36. The van der Waals surface area contributed by atoms with Gasteiger partial charge in [-0.3, -0.25) is 9.20 Å². The Morgan fingerprint density at radius 1 is 1.03 bits per heavy atom. The molecule has 5 rings (SSSR count). The number of aromatic nitrogens is 3. The molecule has 0 spiro atoms. The molecule has 2 aromatic heterocycles. The summed E-state index contributed by atoms with van der Waals surface area (Å²) in [4.78, 5) is 13.3. The van der Waals surface area contributed by atoms with Crippen molar-refractivity contribution in [3.8, 4) is 5.75 Å². The van der Waals surface area contributed by atoms with Crippen molar-refractivity contribution in [3.63, 3.8) is 0 Å². The zero-order chi connectivity index (χ0) is 21.9. The van der Waals surface area contributed by atoms with E-state index in [0.717, 1.165) is 28.2 Å². The van der Waals surface area contributed by atoms with Crippen LogP contribution in [0.1, 0.15) is 23.6 Å². The number of methoxy groups -OCH3 is 1. The minimum absolute atomic E-state index is 0.0746. The summed E-state index contributed by atoms with van der Waals surface area (Å²) in [7, 11) is 1.64. The third kappa shape index (κ3) is 3.97. The molecule has 0 fully saturated rings.